The van der Waals surface area contributed by atoms with Gasteiger partial charge < -0.3 is 24.4 Å². The zero-order chi connectivity index (χ0) is 22.2. The van der Waals surface area contributed by atoms with Crippen LogP contribution in [0.5, 0.6) is 17.2 Å². The van der Waals surface area contributed by atoms with E-state index >= 15 is 0 Å². The highest BCUT2D eigenvalue weighted by Gasteiger charge is 2.25. The number of fused-ring (bicyclic) bond motifs is 1. The summed E-state index contributed by atoms with van der Waals surface area (Å²) in [6.45, 7) is 0.976. The standard InChI is InChI=1S/C25H24N2O5/c28-24(13-15-30-20-7-3-1-4-8-20)26-19-11-12-22-23(17-19)32-18-25(29)27(22)14-16-31-21-9-5-2-6-10-21/h1-12,17H,13-16,18H2,(H,26,28). The number of amides is 2. The number of nitrogens with one attached hydrogen (secondary N) is 1. The molecule has 0 atom stereocenters. The Morgan fingerprint density at radius 3 is 2.25 bits per heavy atom. The summed E-state index contributed by atoms with van der Waals surface area (Å²) in [4.78, 5) is 26.2. The zero-order valence-electron chi connectivity index (χ0n) is 17.5. The molecule has 0 saturated carbocycles. The van der Waals surface area contributed by atoms with Crippen LogP contribution >= 0.6 is 0 Å². The van der Waals surface area contributed by atoms with Crippen molar-refractivity contribution < 1.29 is 23.8 Å². The number of para-hydroxylation sites is 2. The highest BCUT2D eigenvalue weighted by atomic mass is 16.5. The van der Waals surface area contributed by atoms with Crippen LogP contribution in [0.3, 0.4) is 0 Å². The van der Waals surface area contributed by atoms with Gasteiger partial charge >= 0.3 is 0 Å². The minimum Gasteiger partial charge on any atom is -0.493 e. The Morgan fingerprint density at radius 2 is 1.56 bits per heavy atom. The minimum atomic E-state index is -0.166. The van der Waals surface area contributed by atoms with E-state index in [0.29, 0.717) is 30.3 Å². The summed E-state index contributed by atoms with van der Waals surface area (Å²) in [6, 6.07) is 24.0. The predicted octanol–water partition coefficient (Wildman–Crippen LogP) is 3.90. The van der Waals surface area contributed by atoms with Crippen LogP contribution in [-0.2, 0) is 9.59 Å². The first kappa shape index (κ1) is 21.2. The number of benzene rings is 3. The van der Waals surface area contributed by atoms with E-state index < -0.39 is 0 Å². The van der Waals surface area contributed by atoms with Crippen LogP contribution in [0.2, 0.25) is 0 Å². The molecule has 7 nitrogen and oxygen atoms in total. The fraction of sp³-hybridized carbons (Fsp3) is 0.200. The van der Waals surface area contributed by atoms with Gasteiger partial charge in [0.1, 0.15) is 23.9 Å². The van der Waals surface area contributed by atoms with Crippen molar-refractivity contribution in [3.05, 3.63) is 78.9 Å². The Hall–Kier alpha value is -4.00. The van der Waals surface area contributed by atoms with Gasteiger partial charge in [-0.3, -0.25) is 9.59 Å². The number of hydrogen-bond acceptors (Lipinski definition) is 5. The van der Waals surface area contributed by atoms with Gasteiger partial charge in [-0.25, -0.2) is 0 Å². The average molecular weight is 432 g/mol. The lowest BCUT2D eigenvalue weighted by Gasteiger charge is -2.29. The van der Waals surface area contributed by atoms with Crippen molar-refractivity contribution in [2.45, 2.75) is 6.42 Å². The quantitative estimate of drug-likeness (QED) is 0.555. The number of hydrogen-bond donors (Lipinski definition) is 1. The van der Waals surface area contributed by atoms with Crippen molar-refractivity contribution in [2.75, 3.05) is 36.6 Å². The maximum Gasteiger partial charge on any atom is 0.265 e. The third-order valence-corrected chi connectivity index (χ3v) is 4.85. The molecule has 164 valence electrons. The fourth-order valence-electron chi connectivity index (χ4n) is 3.30. The fourth-order valence-corrected chi connectivity index (χ4v) is 3.30. The molecular formula is C25H24N2O5. The summed E-state index contributed by atoms with van der Waals surface area (Å²) in [7, 11) is 0. The Kier molecular flexibility index (Phi) is 6.87. The zero-order valence-corrected chi connectivity index (χ0v) is 17.5. The maximum atomic E-state index is 12.4. The topological polar surface area (TPSA) is 77.1 Å². The highest BCUT2D eigenvalue weighted by molar-refractivity contribution is 5.99. The molecule has 1 N–H and O–H groups in total. The lowest BCUT2D eigenvalue weighted by Crippen LogP contribution is -2.41. The Labute approximate surface area is 186 Å². The molecule has 0 spiro atoms. The molecule has 4 rings (SSSR count). The second-order valence-electron chi connectivity index (χ2n) is 7.14. The molecule has 3 aromatic carbocycles. The second-order valence-corrected chi connectivity index (χ2v) is 7.14. The molecule has 0 saturated heterocycles. The average Bonchev–Trinajstić information content (AvgIpc) is 2.82. The van der Waals surface area contributed by atoms with E-state index in [1.165, 1.54) is 0 Å². The van der Waals surface area contributed by atoms with E-state index in [1.54, 1.807) is 23.1 Å². The molecule has 1 heterocycles. The molecule has 0 radical (unpaired) electrons. The molecule has 1 aliphatic heterocycles. The van der Waals surface area contributed by atoms with E-state index in [2.05, 4.69) is 5.32 Å². The smallest absolute Gasteiger partial charge is 0.265 e. The third-order valence-electron chi connectivity index (χ3n) is 4.85. The monoisotopic (exact) mass is 432 g/mol. The van der Waals surface area contributed by atoms with Gasteiger partial charge in [0.15, 0.2) is 6.61 Å². The maximum absolute atomic E-state index is 12.4. The molecule has 7 heteroatoms. The SMILES string of the molecule is O=C(CCOc1ccccc1)Nc1ccc2c(c1)OCC(=O)N2CCOc1ccccc1. The van der Waals surface area contributed by atoms with Gasteiger partial charge in [-0.2, -0.15) is 0 Å². The number of rotatable bonds is 9. The van der Waals surface area contributed by atoms with Crippen LogP contribution in [0.1, 0.15) is 6.42 Å². The molecule has 3 aromatic rings. The molecule has 1 aliphatic rings. The Morgan fingerprint density at radius 1 is 0.906 bits per heavy atom. The van der Waals surface area contributed by atoms with Gasteiger partial charge in [0, 0.05) is 11.8 Å². The van der Waals surface area contributed by atoms with Crippen LogP contribution in [-0.4, -0.2) is 38.2 Å². The molecule has 32 heavy (non-hydrogen) atoms. The molecule has 0 bridgehead atoms. The van der Waals surface area contributed by atoms with Crippen molar-refractivity contribution in [2.24, 2.45) is 0 Å². The van der Waals surface area contributed by atoms with Gasteiger partial charge in [0.25, 0.3) is 5.91 Å². The first-order valence-corrected chi connectivity index (χ1v) is 10.4. The van der Waals surface area contributed by atoms with Gasteiger partial charge in [-0.1, -0.05) is 36.4 Å². The van der Waals surface area contributed by atoms with Crippen molar-refractivity contribution >= 4 is 23.2 Å². The van der Waals surface area contributed by atoms with E-state index in [-0.39, 0.29) is 31.4 Å². The third kappa shape index (κ3) is 5.57. The van der Waals surface area contributed by atoms with E-state index in [9.17, 15) is 9.59 Å². The number of ether oxygens (including phenoxy) is 3. The molecule has 0 fully saturated rings. The van der Waals surface area contributed by atoms with E-state index in [1.807, 2.05) is 60.7 Å². The van der Waals surface area contributed by atoms with E-state index in [4.69, 9.17) is 14.2 Å². The summed E-state index contributed by atoms with van der Waals surface area (Å²) in [6.07, 6.45) is 0.217. The van der Waals surface area contributed by atoms with Crippen LogP contribution < -0.4 is 24.4 Å². The van der Waals surface area contributed by atoms with Crippen LogP contribution in [0.4, 0.5) is 11.4 Å². The minimum absolute atomic E-state index is 0.0549. The summed E-state index contributed by atoms with van der Waals surface area (Å²) in [5, 5.41) is 2.84. The molecule has 0 aromatic heterocycles. The normalized spacial score (nSPS) is 12.5. The Balaban J connectivity index is 1.31. The predicted molar refractivity (Wildman–Crippen MR) is 121 cm³/mol. The van der Waals surface area contributed by atoms with Gasteiger partial charge in [-0.15, -0.1) is 0 Å². The van der Waals surface area contributed by atoms with Crippen molar-refractivity contribution in [3.63, 3.8) is 0 Å². The molecule has 2 amide bonds. The Bertz CT molecular complexity index is 1060. The van der Waals surface area contributed by atoms with Gasteiger partial charge in [-0.05, 0) is 36.4 Å². The lowest BCUT2D eigenvalue weighted by molar-refractivity contribution is -0.121. The summed E-state index contributed by atoms with van der Waals surface area (Å²) in [5.41, 5.74) is 1.26. The van der Waals surface area contributed by atoms with Crippen LogP contribution in [0, 0.1) is 0 Å². The van der Waals surface area contributed by atoms with Crippen molar-refractivity contribution in [1.82, 2.24) is 0 Å². The first-order chi connectivity index (χ1) is 15.7. The summed E-state index contributed by atoms with van der Waals surface area (Å²) < 4.78 is 16.9. The highest BCUT2D eigenvalue weighted by Crippen LogP contribution is 2.34. The molecule has 0 unspecified atom stereocenters. The summed E-state index contributed by atoms with van der Waals surface area (Å²) >= 11 is 0. The lowest BCUT2D eigenvalue weighted by atomic mass is 10.2. The molecule has 0 aliphatic carbocycles. The van der Waals surface area contributed by atoms with Gasteiger partial charge in [0.05, 0.1) is 25.3 Å². The number of carbonyl (C=O) groups is 2. The number of nitrogens with zero attached hydrogens (tertiary/aromatic N) is 1. The van der Waals surface area contributed by atoms with Crippen LogP contribution in [0.25, 0.3) is 0 Å². The van der Waals surface area contributed by atoms with Crippen molar-refractivity contribution in [3.8, 4) is 17.2 Å². The second kappa shape index (κ2) is 10.3. The summed E-state index contributed by atoms with van der Waals surface area (Å²) in [5.74, 6) is 1.72. The van der Waals surface area contributed by atoms with Crippen molar-refractivity contribution in [1.29, 1.82) is 0 Å². The largest absolute Gasteiger partial charge is 0.493 e. The van der Waals surface area contributed by atoms with E-state index in [0.717, 1.165) is 11.5 Å². The first-order valence-electron chi connectivity index (χ1n) is 10.4. The van der Waals surface area contributed by atoms with Gasteiger partial charge in [0.2, 0.25) is 5.91 Å². The number of carbonyl (C=O) groups excluding carboxylic acids is 2. The molecular weight excluding hydrogens is 408 g/mol. The number of anilines is 2. The van der Waals surface area contributed by atoms with Crippen LogP contribution in [0.15, 0.2) is 78.9 Å².